The second-order valence-corrected chi connectivity index (χ2v) is 7.79. The van der Waals surface area contributed by atoms with E-state index in [4.69, 9.17) is 4.74 Å². The normalized spacial score (nSPS) is 13.4. The van der Waals surface area contributed by atoms with Crippen LogP contribution in [0.25, 0.3) is 0 Å². The molecule has 1 heterocycles. The van der Waals surface area contributed by atoms with Gasteiger partial charge in [0.1, 0.15) is 5.75 Å². The van der Waals surface area contributed by atoms with Crippen LogP contribution in [0.5, 0.6) is 5.75 Å². The zero-order valence-corrected chi connectivity index (χ0v) is 15.7. The van der Waals surface area contributed by atoms with Gasteiger partial charge in [-0.2, -0.15) is 0 Å². The maximum atomic E-state index is 12.4. The van der Waals surface area contributed by atoms with E-state index in [1.807, 2.05) is 0 Å². The van der Waals surface area contributed by atoms with Gasteiger partial charge in [-0.3, -0.25) is 9.59 Å². The minimum absolute atomic E-state index is 0.0154. The van der Waals surface area contributed by atoms with Gasteiger partial charge in [0.05, 0.1) is 25.0 Å². The minimum atomic E-state index is -3.88. The van der Waals surface area contributed by atoms with Crippen LogP contribution in [0.2, 0.25) is 0 Å². The number of carbonyl (C=O) groups is 2. The highest BCUT2D eigenvalue weighted by atomic mass is 32.2. The fraction of sp³-hybridized carbons (Fsp3) is 0.222. The van der Waals surface area contributed by atoms with Crippen LogP contribution in [-0.4, -0.2) is 40.9 Å². The van der Waals surface area contributed by atoms with Crippen molar-refractivity contribution >= 4 is 33.2 Å². The molecule has 0 fully saturated rings. The molecule has 9 heteroatoms. The summed E-state index contributed by atoms with van der Waals surface area (Å²) >= 11 is 0. The first-order valence-corrected chi connectivity index (χ1v) is 9.61. The van der Waals surface area contributed by atoms with Crippen molar-refractivity contribution in [2.24, 2.45) is 0 Å². The predicted molar refractivity (Wildman–Crippen MR) is 100 cm³/mol. The second-order valence-electron chi connectivity index (χ2n) is 6.02. The Labute approximate surface area is 157 Å². The van der Waals surface area contributed by atoms with Gasteiger partial charge in [-0.1, -0.05) is 0 Å². The van der Waals surface area contributed by atoms with Gasteiger partial charge < -0.3 is 15.0 Å². The van der Waals surface area contributed by atoms with E-state index < -0.39 is 22.5 Å². The van der Waals surface area contributed by atoms with Crippen molar-refractivity contribution < 1.29 is 22.7 Å². The lowest BCUT2D eigenvalue weighted by Gasteiger charge is -2.11. The Morgan fingerprint density at radius 1 is 1.19 bits per heavy atom. The van der Waals surface area contributed by atoms with Crippen molar-refractivity contribution in [3.8, 4) is 5.75 Å². The number of nitrogens with zero attached hydrogens (tertiary/aromatic N) is 1. The number of likely N-dealkylation sites (N-methyl/N-ethyl adjacent to an activating group) is 1. The SMILES string of the molecule is COc1ccc(NC(=O)CNS(=O)(=O)c2ccc3c(c2)CC(=O)N3C)cc1. The monoisotopic (exact) mass is 389 g/mol. The first-order chi connectivity index (χ1) is 12.8. The number of rotatable bonds is 6. The topological polar surface area (TPSA) is 105 Å². The smallest absolute Gasteiger partial charge is 0.241 e. The molecule has 0 radical (unpaired) electrons. The summed E-state index contributed by atoms with van der Waals surface area (Å²) in [5.74, 6) is 0.0561. The van der Waals surface area contributed by atoms with Gasteiger partial charge in [0, 0.05) is 18.4 Å². The van der Waals surface area contributed by atoms with Gasteiger partial charge in [-0.15, -0.1) is 0 Å². The van der Waals surface area contributed by atoms with Gasteiger partial charge in [-0.05, 0) is 48.0 Å². The maximum Gasteiger partial charge on any atom is 0.241 e. The van der Waals surface area contributed by atoms with E-state index >= 15 is 0 Å². The number of anilines is 2. The van der Waals surface area contributed by atoms with Crippen molar-refractivity contribution in [2.75, 3.05) is 30.9 Å². The molecule has 0 saturated heterocycles. The molecule has 0 aliphatic carbocycles. The summed E-state index contributed by atoms with van der Waals surface area (Å²) in [6.45, 7) is -0.412. The quantitative estimate of drug-likeness (QED) is 0.771. The third-order valence-electron chi connectivity index (χ3n) is 4.23. The Balaban J connectivity index is 1.64. The standard InChI is InChI=1S/C18H19N3O5S/c1-21-16-8-7-15(9-12(16)10-18(21)23)27(24,25)19-11-17(22)20-13-3-5-14(26-2)6-4-13/h3-9,19H,10-11H2,1-2H3,(H,20,22). The van der Waals surface area contributed by atoms with Crippen molar-refractivity contribution in [3.63, 3.8) is 0 Å². The fourth-order valence-corrected chi connectivity index (χ4v) is 3.77. The minimum Gasteiger partial charge on any atom is -0.497 e. The van der Waals surface area contributed by atoms with E-state index in [-0.39, 0.29) is 17.2 Å². The summed E-state index contributed by atoms with van der Waals surface area (Å²) in [6, 6.07) is 11.1. The summed E-state index contributed by atoms with van der Waals surface area (Å²) in [5.41, 5.74) is 1.86. The molecule has 0 aromatic heterocycles. The van der Waals surface area contributed by atoms with Crippen LogP contribution in [0.3, 0.4) is 0 Å². The van der Waals surface area contributed by atoms with Crippen LogP contribution in [-0.2, 0) is 26.0 Å². The number of hydrogen-bond donors (Lipinski definition) is 2. The highest BCUT2D eigenvalue weighted by molar-refractivity contribution is 7.89. The van der Waals surface area contributed by atoms with Gasteiger partial charge >= 0.3 is 0 Å². The molecule has 27 heavy (non-hydrogen) atoms. The molecule has 1 aliphatic heterocycles. The van der Waals surface area contributed by atoms with Crippen LogP contribution in [0.1, 0.15) is 5.56 Å². The lowest BCUT2D eigenvalue weighted by atomic mass is 10.2. The lowest BCUT2D eigenvalue weighted by molar-refractivity contribution is -0.117. The molecular formula is C18H19N3O5S. The number of ether oxygens (including phenoxy) is 1. The molecule has 0 bridgehead atoms. The Morgan fingerprint density at radius 3 is 2.56 bits per heavy atom. The fourth-order valence-electron chi connectivity index (χ4n) is 2.74. The summed E-state index contributed by atoms with van der Waals surface area (Å²) < 4.78 is 32.2. The molecule has 1 aliphatic rings. The molecule has 2 amide bonds. The van der Waals surface area contributed by atoms with Crippen LogP contribution in [0.15, 0.2) is 47.4 Å². The molecule has 3 rings (SSSR count). The van der Waals surface area contributed by atoms with Crippen molar-refractivity contribution in [1.82, 2.24) is 4.72 Å². The molecule has 0 saturated carbocycles. The molecule has 2 aromatic rings. The molecule has 2 N–H and O–H groups in total. The average molecular weight is 389 g/mol. The lowest BCUT2D eigenvalue weighted by Crippen LogP contribution is -2.32. The van der Waals surface area contributed by atoms with Crippen LogP contribution >= 0.6 is 0 Å². The Bertz CT molecular complexity index is 987. The van der Waals surface area contributed by atoms with Gasteiger partial charge in [0.2, 0.25) is 21.8 Å². The highest BCUT2D eigenvalue weighted by Crippen LogP contribution is 2.29. The van der Waals surface area contributed by atoms with E-state index in [1.54, 1.807) is 37.4 Å². The van der Waals surface area contributed by atoms with E-state index in [1.165, 1.54) is 24.1 Å². The number of fused-ring (bicyclic) bond motifs is 1. The zero-order chi connectivity index (χ0) is 19.6. The Kier molecular flexibility index (Phi) is 5.15. The third-order valence-corrected chi connectivity index (χ3v) is 5.63. The van der Waals surface area contributed by atoms with Crippen LogP contribution < -0.4 is 19.7 Å². The first-order valence-electron chi connectivity index (χ1n) is 8.13. The van der Waals surface area contributed by atoms with Crippen LogP contribution in [0, 0.1) is 0 Å². The summed E-state index contributed by atoms with van der Waals surface area (Å²) in [5, 5.41) is 2.60. The predicted octanol–water partition coefficient (Wildman–Crippen LogP) is 1.13. The van der Waals surface area contributed by atoms with E-state index in [9.17, 15) is 18.0 Å². The molecule has 8 nitrogen and oxygen atoms in total. The molecule has 2 aromatic carbocycles. The zero-order valence-electron chi connectivity index (χ0n) is 14.9. The molecule has 0 unspecified atom stereocenters. The number of nitrogens with one attached hydrogen (secondary N) is 2. The summed E-state index contributed by atoms with van der Waals surface area (Å²) in [7, 11) is -0.696. The van der Waals surface area contributed by atoms with Gasteiger partial charge in [-0.25, -0.2) is 13.1 Å². The van der Waals surface area contributed by atoms with Crippen LogP contribution in [0.4, 0.5) is 11.4 Å². The Hall–Kier alpha value is -2.91. The number of hydrogen-bond acceptors (Lipinski definition) is 5. The summed E-state index contributed by atoms with van der Waals surface area (Å²) in [6.07, 6.45) is 0.160. The molecule has 0 spiro atoms. The second kappa shape index (κ2) is 7.37. The van der Waals surface area contributed by atoms with Crippen molar-refractivity contribution in [1.29, 1.82) is 0 Å². The van der Waals surface area contributed by atoms with Gasteiger partial charge in [0.15, 0.2) is 0 Å². The largest absolute Gasteiger partial charge is 0.497 e. The molecular weight excluding hydrogens is 370 g/mol. The van der Waals surface area contributed by atoms with E-state index in [0.717, 1.165) is 0 Å². The van der Waals surface area contributed by atoms with E-state index in [0.29, 0.717) is 22.7 Å². The van der Waals surface area contributed by atoms with Gasteiger partial charge in [0.25, 0.3) is 0 Å². The number of benzene rings is 2. The van der Waals surface area contributed by atoms with E-state index in [2.05, 4.69) is 10.0 Å². The average Bonchev–Trinajstić information content (AvgIpc) is 2.94. The molecule has 142 valence electrons. The van der Waals surface area contributed by atoms with Crippen molar-refractivity contribution in [3.05, 3.63) is 48.0 Å². The third kappa shape index (κ3) is 4.09. The molecule has 0 atom stereocenters. The maximum absolute atomic E-state index is 12.4. The number of methoxy groups -OCH3 is 1. The number of amides is 2. The summed E-state index contributed by atoms with van der Waals surface area (Å²) in [4.78, 5) is 25.2. The first kappa shape index (κ1) is 18.9. The highest BCUT2D eigenvalue weighted by Gasteiger charge is 2.26. The number of sulfonamides is 1. The number of carbonyl (C=O) groups excluding carboxylic acids is 2. The Morgan fingerprint density at radius 2 is 1.89 bits per heavy atom. The van der Waals surface area contributed by atoms with Crippen molar-refractivity contribution in [2.45, 2.75) is 11.3 Å².